The van der Waals surface area contributed by atoms with E-state index in [4.69, 9.17) is 4.52 Å². The zero-order valence-electron chi connectivity index (χ0n) is 12.2. The average molecular weight is 294 g/mol. The lowest BCUT2D eigenvalue weighted by Crippen LogP contribution is -2.42. The van der Waals surface area contributed by atoms with Crippen LogP contribution >= 0.6 is 11.8 Å². The van der Waals surface area contributed by atoms with Crippen LogP contribution in [0.3, 0.4) is 0 Å². The van der Waals surface area contributed by atoms with Crippen molar-refractivity contribution in [2.75, 3.05) is 5.75 Å². The fraction of sp³-hybridized carbons (Fsp3) is 0.733. The molecule has 0 aromatic carbocycles. The van der Waals surface area contributed by atoms with Crippen molar-refractivity contribution in [3.63, 3.8) is 0 Å². The molecule has 0 spiro atoms. The molecule has 2 aliphatic rings. The van der Waals surface area contributed by atoms with Crippen LogP contribution in [0.15, 0.2) is 10.6 Å². The number of amides is 1. The molecule has 1 heterocycles. The maximum atomic E-state index is 12.5. The van der Waals surface area contributed by atoms with Crippen molar-refractivity contribution in [3.8, 4) is 0 Å². The Morgan fingerprint density at radius 3 is 2.80 bits per heavy atom. The van der Waals surface area contributed by atoms with Gasteiger partial charge in [-0.05, 0) is 45.4 Å². The lowest BCUT2D eigenvalue weighted by Gasteiger charge is -2.29. The van der Waals surface area contributed by atoms with Gasteiger partial charge in [0.15, 0.2) is 0 Å². The highest BCUT2D eigenvalue weighted by Gasteiger charge is 2.41. The molecule has 0 N–H and O–H groups in total. The Morgan fingerprint density at radius 2 is 2.25 bits per heavy atom. The van der Waals surface area contributed by atoms with Gasteiger partial charge in [-0.15, -0.1) is 11.8 Å². The molecule has 0 radical (unpaired) electrons. The first-order valence-electron chi connectivity index (χ1n) is 7.46. The van der Waals surface area contributed by atoms with Crippen molar-refractivity contribution >= 4 is 17.7 Å². The van der Waals surface area contributed by atoms with Gasteiger partial charge in [-0.3, -0.25) is 4.79 Å². The highest BCUT2D eigenvalue weighted by atomic mass is 32.2. The van der Waals surface area contributed by atoms with Gasteiger partial charge in [-0.1, -0.05) is 5.16 Å². The minimum absolute atomic E-state index is 0.303. The standard InChI is InChI=1S/C15H22N2O2S/c1-10-7-13(16-19-10)8-20-9-15(18)17(14-5-6-14)11(2)12-3-4-12/h7,11-12,14H,3-6,8-9H2,1-2H3/t11-/m1/s1. The lowest BCUT2D eigenvalue weighted by atomic mass is 10.2. The highest BCUT2D eigenvalue weighted by molar-refractivity contribution is 7.99. The molecule has 1 atom stereocenters. The quantitative estimate of drug-likeness (QED) is 0.775. The van der Waals surface area contributed by atoms with E-state index in [1.165, 1.54) is 25.7 Å². The molecule has 0 unspecified atom stereocenters. The first-order chi connectivity index (χ1) is 9.65. The summed E-state index contributed by atoms with van der Waals surface area (Å²) in [5, 5.41) is 3.96. The minimum Gasteiger partial charge on any atom is -0.361 e. The summed E-state index contributed by atoms with van der Waals surface area (Å²) in [4.78, 5) is 14.6. The van der Waals surface area contributed by atoms with Crippen molar-refractivity contribution in [1.29, 1.82) is 0 Å². The van der Waals surface area contributed by atoms with Crippen molar-refractivity contribution < 1.29 is 9.32 Å². The number of thioether (sulfide) groups is 1. The summed E-state index contributed by atoms with van der Waals surface area (Å²) < 4.78 is 5.04. The number of rotatable bonds is 7. The number of nitrogens with zero attached hydrogens (tertiary/aromatic N) is 2. The molecule has 5 heteroatoms. The van der Waals surface area contributed by atoms with Gasteiger partial charge in [0.05, 0.1) is 11.4 Å². The molecule has 1 amide bonds. The predicted octanol–water partition coefficient (Wildman–Crippen LogP) is 3.01. The maximum Gasteiger partial charge on any atom is 0.233 e. The van der Waals surface area contributed by atoms with E-state index in [0.717, 1.165) is 23.1 Å². The maximum absolute atomic E-state index is 12.5. The molecule has 0 bridgehead atoms. The molecule has 2 fully saturated rings. The Morgan fingerprint density at radius 1 is 1.50 bits per heavy atom. The van der Waals surface area contributed by atoms with Crippen LogP contribution in [0.2, 0.25) is 0 Å². The second kappa shape index (κ2) is 5.80. The number of aromatic nitrogens is 1. The summed E-state index contributed by atoms with van der Waals surface area (Å²) in [6.45, 7) is 4.11. The van der Waals surface area contributed by atoms with Gasteiger partial charge in [0.2, 0.25) is 5.91 Å². The van der Waals surface area contributed by atoms with Crippen LogP contribution in [0.25, 0.3) is 0 Å². The Hall–Kier alpha value is -0.970. The molecular weight excluding hydrogens is 272 g/mol. The van der Waals surface area contributed by atoms with Crippen molar-refractivity contribution in [3.05, 3.63) is 17.5 Å². The van der Waals surface area contributed by atoms with E-state index in [1.807, 2.05) is 13.0 Å². The molecule has 0 aliphatic heterocycles. The zero-order chi connectivity index (χ0) is 14.1. The summed E-state index contributed by atoms with van der Waals surface area (Å²) in [5.74, 6) is 3.19. The SMILES string of the molecule is Cc1cc(CSCC(=O)N(C2CC2)[C@H](C)C2CC2)no1. The van der Waals surface area contributed by atoms with E-state index >= 15 is 0 Å². The van der Waals surface area contributed by atoms with Crippen LogP contribution < -0.4 is 0 Å². The van der Waals surface area contributed by atoms with Gasteiger partial charge in [0, 0.05) is 23.9 Å². The first-order valence-corrected chi connectivity index (χ1v) is 8.61. The van der Waals surface area contributed by atoms with E-state index < -0.39 is 0 Å². The van der Waals surface area contributed by atoms with E-state index in [2.05, 4.69) is 17.0 Å². The van der Waals surface area contributed by atoms with Crippen LogP contribution in [0.4, 0.5) is 0 Å². The molecule has 110 valence electrons. The number of carbonyl (C=O) groups is 1. The molecule has 2 saturated carbocycles. The summed E-state index contributed by atoms with van der Waals surface area (Å²) in [5.41, 5.74) is 0.925. The van der Waals surface area contributed by atoms with Gasteiger partial charge in [0.25, 0.3) is 0 Å². The largest absolute Gasteiger partial charge is 0.361 e. The van der Waals surface area contributed by atoms with Gasteiger partial charge >= 0.3 is 0 Å². The third kappa shape index (κ3) is 3.37. The average Bonchev–Trinajstić information content (AvgIpc) is 3.30. The Balaban J connectivity index is 1.49. The van der Waals surface area contributed by atoms with Crippen LogP contribution in [0, 0.1) is 12.8 Å². The van der Waals surface area contributed by atoms with E-state index in [-0.39, 0.29) is 0 Å². The van der Waals surface area contributed by atoms with E-state index in [0.29, 0.717) is 23.7 Å². The Kier molecular flexibility index (Phi) is 4.06. The van der Waals surface area contributed by atoms with Gasteiger partial charge in [0.1, 0.15) is 5.76 Å². The van der Waals surface area contributed by atoms with Gasteiger partial charge in [-0.25, -0.2) is 0 Å². The third-order valence-electron chi connectivity index (χ3n) is 4.12. The number of hydrogen-bond acceptors (Lipinski definition) is 4. The fourth-order valence-electron chi connectivity index (χ4n) is 2.73. The van der Waals surface area contributed by atoms with Crippen molar-refractivity contribution in [2.24, 2.45) is 5.92 Å². The normalized spacial score (nSPS) is 19.9. The van der Waals surface area contributed by atoms with E-state index in [1.54, 1.807) is 11.8 Å². The molecule has 4 nitrogen and oxygen atoms in total. The van der Waals surface area contributed by atoms with Crippen molar-refractivity contribution in [2.45, 2.75) is 57.4 Å². The van der Waals surface area contributed by atoms with Crippen LogP contribution in [0.5, 0.6) is 0 Å². The zero-order valence-corrected chi connectivity index (χ0v) is 13.0. The Labute approximate surface area is 124 Å². The topological polar surface area (TPSA) is 46.3 Å². The Bertz CT molecular complexity index is 480. The number of hydrogen-bond donors (Lipinski definition) is 0. The second-order valence-electron chi connectivity index (χ2n) is 6.03. The molecule has 1 aromatic rings. The fourth-order valence-corrected chi connectivity index (χ4v) is 3.50. The molecular formula is C15H22N2O2S. The van der Waals surface area contributed by atoms with Crippen molar-refractivity contribution in [1.82, 2.24) is 10.1 Å². The number of aryl methyl sites for hydroxylation is 1. The van der Waals surface area contributed by atoms with Crippen LogP contribution in [0.1, 0.15) is 44.1 Å². The summed E-state index contributed by atoms with van der Waals surface area (Å²) >= 11 is 1.64. The minimum atomic E-state index is 0.303. The molecule has 1 aromatic heterocycles. The van der Waals surface area contributed by atoms with Gasteiger partial charge < -0.3 is 9.42 Å². The summed E-state index contributed by atoms with van der Waals surface area (Å²) in [6.07, 6.45) is 4.97. The third-order valence-corrected chi connectivity index (χ3v) is 5.07. The molecule has 0 saturated heterocycles. The van der Waals surface area contributed by atoms with E-state index in [9.17, 15) is 4.79 Å². The summed E-state index contributed by atoms with van der Waals surface area (Å²) in [6, 6.07) is 2.89. The predicted molar refractivity (Wildman–Crippen MR) is 79.5 cm³/mol. The summed E-state index contributed by atoms with van der Waals surface area (Å²) in [7, 11) is 0. The highest BCUT2D eigenvalue weighted by Crippen LogP contribution is 2.40. The van der Waals surface area contributed by atoms with Crippen LogP contribution in [-0.2, 0) is 10.5 Å². The lowest BCUT2D eigenvalue weighted by molar-refractivity contribution is -0.131. The second-order valence-corrected chi connectivity index (χ2v) is 7.02. The number of carbonyl (C=O) groups excluding carboxylic acids is 1. The molecule has 20 heavy (non-hydrogen) atoms. The van der Waals surface area contributed by atoms with Gasteiger partial charge in [-0.2, -0.15) is 0 Å². The van der Waals surface area contributed by atoms with Crippen LogP contribution in [-0.4, -0.2) is 33.8 Å². The first kappa shape index (κ1) is 14.0. The monoisotopic (exact) mass is 294 g/mol. The molecule has 3 rings (SSSR count). The smallest absolute Gasteiger partial charge is 0.233 e. The molecule has 2 aliphatic carbocycles.